The van der Waals surface area contributed by atoms with Crippen LogP contribution in [0.3, 0.4) is 0 Å². The standard InChI is InChI=1S/C10H21NO3/c1-4-11-10(3,9(12)13)7-6-8-14-5-2/h11H,4-8H2,1-3H3,(H,12,13). The molecule has 0 aromatic carbocycles. The number of ether oxygens (including phenoxy) is 1. The molecule has 0 spiro atoms. The Balaban J connectivity index is 3.90. The third-order valence-electron chi connectivity index (χ3n) is 2.21. The van der Waals surface area contributed by atoms with Crippen LogP contribution in [0.25, 0.3) is 0 Å². The molecule has 0 aliphatic carbocycles. The molecule has 0 saturated heterocycles. The summed E-state index contributed by atoms with van der Waals surface area (Å²) in [7, 11) is 0. The molecule has 0 rings (SSSR count). The summed E-state index contributed by atoms with van der Waals surface area (Å²) in [5.74, 6) is -0.796. The molecule has 4 heteroatoms. The highest BCUT2D eigenvalue weighted by Gasteiger charge is 2.30. The molecule has 14 heavy (non-hydrogen) atoms. The summed E-state index contributed by atoms with van der Waals surface area (Å²) in [5, 5.41) is 12.0. The van der Waals surface area contributed by atoms with Crippen molar-refractivity contribution in [3.63, 3.8) is 0 Å². The Morgan fingerprint density at radius 2 is 2.14 bits per heavy atom. The fraction of sp³-hybridized carbons (Fsp3) is 0.900. The van der Waals surface area contributed by atoms with Gasteiger partial charge in [0, 0.05) is 13.2 Å². The van der Waals surface area contributed by atoms with Crippen LogP contribution in [0.15, 0.2) is 0 Å². The van der Waals surface area contributed by atoms with E-state index in [1.165, 1.54) is 0 Å². The minimum Gasteiger partial charge on any atom is -0.480 e. The minimum atomic E-state index is -0.814. The van der Waals surface area contributed by atoms with Gasteiger partial charge in [-0.05, 0) is 33.2 Å². The van der Waals surface area contributed by atoms with E-state index in [0.717, 1.165) is 6.42 Å². The Morgan fingerprint density at radius 1 is 1.50 bits per heavy atom. The molecule has 1 atom stereocenters. The summed E-state index contributed by atoms with van der Waals surface area (Å²) >= 11 is 0. The summed E-state index contributed by atoms with van der Waals surface area (Å²) < 4.78 is 5.17. The number of carbonyl (C=O) groups is 1. The van der Waals surface area contributed by atoms with Gasteiger partial charge in [-0.25, -0.2) is 0 Å². The van der Waals surface area contributed by atoms with Crippen molar-refractivity contribution >= 4 is 5.97 Å². The summed E-state index contributed by atoms with van der Waals surface area (Å²) in [6.45, 7) is 7.53. The van der Waals surface area contributed by atoms with Crippen LogP contribution in [0.1, 0.15) is 33.6 Å². The first-order chi connectivity index (χ1) is 6.56. The van der Waals surface area contributed by atoms with Gasteiger partial charge in [0.15, 0.2) is 0 Å². The van der Waals surface area contributed by atoms with Crippen LogP contribution in [0, 0.1) is 0 Å². The smallest absolute Gasteiger partial charge is 0.323 e. The van der Waals surface area contributed by atoms with Crippen LogP contribution < -0.4 is 5.32 Å². The molecule has 0 aliphatic heterocycles. The van der Waals surface area contributed by atoms with Gasteiger partial charge in [0.25, 0.3) is 0 Å². The maximum Gasteiger partial charge on any atom is 0.323 e. The summed E-state index contributed by atoms with van der Waals surface area (Å²) in [6.07, 6.45) is 1.36. The number of nitrogens with one attached hydrogen (secondary N) is 1. The summed E-state index contributed by atoms with van der Waals surface area (Å²) in [6, 6.07) is 0. The van der Waals surface area contributed by atoms with Gasteiger partial charge in [0.05, 0.1) is 0 Å². The van der Waals surface area contributed by atoms with Gasteiger partial charge in [-0.15, -0.1) is 0 Å². The van der Waals surface area contributed by atoms with Gasteiger partial charge >= 0.3 is 5.97 Å². The minimum absolute atomic E-state index is 0.593. The molecule has 2 N–H and O–H groups in total. The van der Waals surface area contributed by atoms with Crippen molar-refractivity contribution in [1.29, 1.82) is 0 Å². The zero-order valence-electron chi connectivity index (χ0n) is 9.30. The first kappa shape index (κ1) is 13.4. The van der Waals surface area contributed by atoms with E-state index < -0.39 is 11.5 Å². The number of rotatable bonds is 8. The van der Waals surface area contributed by atoms with Crippen LogP contribution in [-0.4, -0.2) is 36.4 Å². The van der Waals surface area contributed by atoms with Crippen molar-refractivity contribution in [3.05, 3.63) is 0 Å². The Kier molecular flexibility index (Phi) is 6.49. The zero-order valence-corrected chi connectivity index (χ0v) is 9.30. The second-order valence-corrected chi connectivity index (χ2v) is 3.47. The van der Waals surface area contributed by atoms with E-state index in [1.54, 1.807) is 6.92 Å². The van der Waals surface area contributed by atoms with Crippen LogP contribution in [0.2, 0.25) is 0 Å². The second kappa shape index (κ2) is 6.79. The largest absolute Gasteiger partial charge is 0.480 e. The van der Waals surface area contributed by atoms with Crippen molar-refractivity contribution < 1.29 is 14.6 Å². The lowest BCUT2D eigenvalue weighted by atomic mass is 9.96. The van der Waals surface area contributed by atoms with Crippen molar-refractivity contribution in [3.8, 4) is 0 Å². The number of aliphatic carboxylic acids is 1. The van der Waals surface area contributed by atoms with E-state index in [2.05, 4.69) is 5.32 Å². The topological polar surface area (TPSA) is 58.6 Å². The molecule has 84 valence electrons. The highest BCUT2D eigenvalue weighted by molar-refractivity contribution is 5.78. The highest BCUT2D eigenvalue weighted by atomic mass is 16.5. The Hall–Kier alpha value is -0.610. The Morgan fingerprint density at radius 3 is 2.57 bits per heavy atom. The second-order valence-electron chi connectivity index (χ2n) is 3.47. The number of carboxylic acid groups (broad SMARTS) is 1. The molecule has 0 amide bonds. The molecule has 0 radical (unpaired) electrons. The molecule has 1 unspecified atom stereocenters. The lowest BCUT2D eigenvalue weighted by Gasteiger charge is -2.25. The number of carboxylic acids is 1. The lowest BCUT2D eigenvalue weighted by molar-refractivity contribution is -0.144. The number of hydrogen-bond acceptors (Lipinski definition) is 3. The number of likely N-dealkylation sites (N-methyl/N-ethyl adjacent to an activating group) is 1. The SMILES string of the molecule is CCNC(C)(CCCOCC)C(=O)O. The molecular formula is C10H21NO3. The number of hydrogen-bond donors (Lipinski definition) is 2. The zero-order chi connectivity index (χ0) is 11.0. The van der Waals surface area contributed by atoms with Gasteiger partial charge in [0.2, 0.25) is 0 Å². The van der Waals surface area contributed by atoms with Crippen molar-refractivity contribution in [2.75, 3.05) is 19.8 Å². The van der Waals surface area contributed by atoms with E-state index in [0.29, 0.717) is 26.2 Å². The molecule has 0 aromatic rings. The third-order valence-corrected chi connectivity index (χ3v) is 2.21. The predicted octanol–water partition coefficient (Wildman–Crippen LogP) is 1.26. The molecule has 0 fully saturated rings. The normalized spacial score (nSPS) is 15.1. The quantitative estimate of drug-likeness (QED) is 0.583. The molecule has 0 heterocycles. The monoisotopic (exact) mass is 203 g/mol. The van der Waals surface area contributed by atoms with Gasteiger partial charge in [0.1, 0.15) is 5.54 Å². The highest BCUT2D eigenvalue weighted by Crippen LogP contribution is 2.12. The van der Waals surface area contributed by atoms with Crippen molar-refractivity contribution in [2.45, 2.75) is 39.2 Å². The van der Waals surface area contributed by atoms with Crippen LogP contribution in [0.4, 0.5) is 0 Å². The molecular weight excluding hydrogens is 182 g/mol. The van der Waals surface area contributed by atoms with Crippen LogP contribution >= 0.6 is 0 Å². The molecule has 0 bridgehead atoms. The summed E-state index contributed by atoms with van der Waals surface area (Å²) in [4.78, 5) is 11.0. The first-order valence-corrected chi connectivity index (χ1v) is 5.13. The van der Waals surface area contributed by atoms with Crippen molar-refractivity contribution in [2.24, 2.45) is 0 Å². The Labute approximate surface area is 85.6 Å². The maximum atomic E-state index is 11.0. The lowest BCUT2D eigenvalue weighted by Crippen LogP contribution is -2.49. The predicted molar refractivity (Wildman–Crippen MR) is 55.4 cm³/mol. The molecule has 0 aromatic heterocycles. The molecule has 0 aliphatic rings. The summed E-state index contributed by atoms with van der Waals surface area (Å²) in [5.41, 5.74) is -0.814. The fourth-order valence-electron chi connectivity index (χ4n) is 1.33. The van der Waals surface area contributed by atoms with E-state index in [4.69, 9.17) is 9.84 Å². The van der Waals surface area contributed by atoms with Gasteiger partial charge in [-0.3, -0.25) is 4.79 Å². The van der Waals surface area contributed by atoms with Crippen molar-refractivity contribution in [1.82, 2.24) is 5.32 Å². The average molecular weight is 203 g/mol. The Bertz CT molecular complexity index is 173. The molecule has 4 nitrogen and oxygen atoms in total. The van der Waals surface area contributed by atoms with E-state index in [9.17, 15) is 4.79 Å². The van der Waals surface area contributed by atoms with E-state index in [1.807, 2.05) is 13.8 Å². The van der Waals surface area contributed by atoms with Crippen LogP contribution in [0.5, 0.6) is 0 Å². The first-order valence-electron chi connectivity index (χ1n) is 5.13. The average Bonchev–Trinajstić information content (AvgIpc) is 2.13. The van der Waals surface area contributed by atoms with Crippen LogP contribution in [-0.2, 0) is 9.53 Å². The van der Waals surface area contributed by atoms with Gasteiger partial charge in [-0.2, -0.15) is 0 Å². The van der Waals surface area contributed by atoms with Gasteiger partial charge < -0.3 is 15.2 Å². The van der Waals surface area contributed by atoms with E-state index >= 15 is 0 Å². The maximum absolute atomic E-state index is 11.0. The molecule has 0 saturated carbocycles. The fourth-order valence-corrected chi connectivity index (χ4v) is 1.33. The van der Waals surface area contributed by atoms with Gasteiger partial charge in [-0.1, -0.05) is 6.92 Å². The third kappa shape index (κ3) is 4.58. The van der Waals surface area contributed by atoms with E-state index in [-0.39, 0.29) is 0 Å².